The Labute approximate surface area is 205 Å². The number of primary sulfonamides is 1. The first-order valence-electron chi connectivity index (χ1n) is 9.97. The predicted octanol–water partition coefficient (Wildman–Crippen LogP) is 2.76. The maximum atomic E-state index is 13.1. The summed E-state index contributed by atoms with van der Waals surface area (Å²) in [4.78, 5) is 22.0. The summed E-state index contributed by atoms with van der Waals surface area (Å²) in [6, 6.07) is 10.1. The molecule has 0 aliphatic carbocycles. The van der Waals surface area contributed by atoms with E-state index in [-0.39, 0.29) is 37.2 Å². The van der Waals surface area contributed by atoms with Crippen molar-refractivity contribution < 1.29 is 8.42 Å². The Bertz CT molecular complexity index is 1540. The van der Waals surface area contributed by atoms with Gasteiger partial charge in [0.15, 0.2) is 11.5 Å². The fourth-order valence-electron chi connectivity index (χ4n) is 3.50. The van der Waals surface area contributed by atoms with Gasteiger partial charge in [0.05, 0.1) is 14.9 Å². The van der Waals surface area contributed by atoms with Crippen LogP contribution in [0, 0.1) is 0 Å². The summed E-state index contributed by atoms with van der Waals surface area (Å²) in [5.74, 6) is 0.755. The topological polar surface area (TPSA) is 139 Å². The number of hydrogen-bond donors (Lipinski definition) is 3. The third-order valence-corrected chi connectivity index (χ3v) is 6.61. The monoisotopic (exact) mass is 521 g/mol. The van der Waals surface area contributed by atoms with Crippen molar-refractivity contribution in [1.29, 1.82) is 0 Å². The van der Waals surface area contributed by atoms with Crippen LogP contribution < -0.4 is 20.9 Å². The number of nitrogens with two attached hydrogens (primary N) is 1. The summed E-state index contributed by atoms with van der Waals surface area (Å²) in [7, 11) is 1.26. The van der Waals surface area contributed by atoms with E-state index in [9.17, 15) is 13.2 Å². The second kappa shape index (κ2) is 8.91. The van der Waals surface area contributed by atoms with Crippen LogP contribution in [-0.4, -0.2) is 49.3 Å². The van der Waals surface area contributed by atoms with Gasteiger partial charge in [-0.25, -0.2) is 23.2 Å². The number of rotatable bonds is 6. The van der Waals surface area contributed by atoms with Gasteiger partial charge in [-0.1, -0.05) is 35.3 Å². The van der Waals surface area contributed by atoms with Crippen molar-refractivity contribution in [3.63, 3.8) is 0 Å². The van der Waals surface area contributed by atoms with Crippen molar-refractivity contribution in [3.8, 4) is 5.69 Å². The fourth-order valence-corrected chi connectivity index (χ4v) is 4.84. The molecular formula is C21H21Cl2N7O3S. The molecule has 0 saturated heterocycles. The summed E-state index contributed by atoms with van der Waals surface area (Å²) in [5.41, 5.74) is 1.92. The molecule has 0 bridgehead atoms. The van der Waals surface area contributed by atoms with E-state index in [0.29, 0.717) is 18.1 Å². The molecule has 0 amide bonds. The van der Waals surface area contributed by atoms with Crippen LogP contribution in [0.15, 0.2) is 46.1 Å². The van der Waals surface area contributed by atoms with E-state index in [2.05, 4.69) is 20.4 Å². The number of nitrogens with zero attached hydrogens (tertiary/aromatic N) is 4. The lowest BCUT2D eigenvalue weighted by atomic mass is 10.1. The molecule has 4 aromatic rings. The number of fused-ring (bicyclic) bond motifs is 1. The second-order valence-electron chi connectivity index (χ2n) is 7.75. The molecule has 178 valence electrons. The molecule has 0 unspecified atom stereocenters. The minimum Gasteiger partial charge on any atom is -0.388 e. The number of H-pyrrole nitrogens is 1. The van der Waals surface area contributed by atoms with Gasteiger partial charge in [-0.2, -0.15) is 0 Å². The largest absolute Gasteiger partial charge is 0.388 e. The van der Waals surface area contributed by atoms with E-state index < -0.39 is 10.0 Å². The number of aromatic amines is 1. The molecular weight excluding hydrogens is 501 g/mol. The highest BCUT2D eigenvalue weighted by molar-refractivity contribution is 7.89. The van der Waals surface area contributed by atoms with Crippen molar-refractivity contribution in [1.82, 2.24) is 19.7 Å². The molecule has 0 saturated carbocycles. The molecule has 10 nitrogen and oxygen atoms in total. The molecule has 0 atom stereocenters. The molecule has 2 heterocycles. The molecule has 4 rings (SSSR count). The summed E-state index contributed by atoms with van der Waals surface area (Å²) in [5, 5.41) is 13.0. The molecule has 0 spiro atoms. The lowest BCUT2D eigenvalue weighted by molar-refractivity contribution is 0.598. The standard InChI is InChI=1S/C21H21Cl2N7O3S/c1-25-12-6-4-11(5-7-12)8-16-26-19-17(21(31)27-16)20(29(2)3)28-30(19)18-14(22)9-13(10-15(18)23)34(24,32)33/h4-7,9-10,25H,8H2,1-3H3,(H2,24,32,33)(H,26,27,31). The van der Waals surface area contributed by atoms with Crippen LogP contribution in [0.1, 0.15) is 11.4 Å². The highest BCUT2D eigenvalue weighted by Crippen LogP contribution is 2.34. The quantitative estimate of drug-likeness (QED) is 0.354. The van der Waals surface area contributed by atoms with Crippen molar-refractivity contribution in [3.05, 3.63) is 68.2 Å². The van der Waals surface area contributed by atoms with E-state index in [4.69, 9.17) is 28.3 Å². The molecule has 0 aliphatic rings. The molecule has 4 N–H and O–H groups in total. The SMILES string of the molecule is CNc1ccc(Cc2nc3c(c(N(C)C)nn3-c3c(Cl)cc(S(N)(=O)=O)cc3Cl)c(=O)[nH]2)cc1. The summed E-state index contributed by atoms with van der Waals surface area (Å²) in [6.45, 7) is 0. The average molecular weight is 522 g/mol. The Kier molecular flexibility index (Phi) is 6.30. The molecule has 34 heavy (non-hydrogen) atoms. The molecule has 0 radical (unpaired) electrons. The summed E-state index contributed by atoms with van der Waals surface area (Å²) in [6.07, 6.45) is 0.365. The van der Waals surface area contributed by atoms with Crippen LogP contribution in [-0.2, 0) is 16.4 Å². The zero-order valence-electron chi connectivity index (χ0n) is 18.4. The number of aromatic nitrogens is 4. The lowest BCUT2D eigenvalue weighted by Crippen LogP contribution is -2.16. The van der Waals surface area contributed by atoms with Crippen molar-refractivity contribution in [2.24, 2.45) is 5.14 Å². The normalized spacial score (nSPS) is 11.7. The lowest BCUT2D eigenvalue weighted by Gasteiger charge is -2.11. The van der Waals surface area contributed by atoms with E-state index in [1.54, 1.807) is 19.0 Å². The Balaban J connectivity index is 1.93. The zero-order valence-corrected chi connectivity index (χ0v) is 20.8. The van der Waals surface area contributed by atoms with Crippen molar-refractivity contribution >= 4 is 55.8 Å². The van der Waals surface area contributed by atoms with Crippen LogP contribution in [0.4, 0.5) is 11.5 Å². The van der Waals surface area contributed by atoms with Crippen molar-refractivity contribution in [2.75, 3.05) is 31.4 Å². The minimum atomic E-state index is -4.03. The number of benzene rings is 2. The van der Waals surface area contributed by atoms with E-state index in [1.165, 1.54) is 16.8 Å². The van der Waals surface area contributed by atoms with E-state index >= 15 is 0 Å². The zero-order chi connectivity index (χ0) is 24.8. The summed E-state index contributed by atoms with van der Waals surface area (Å²) >= 11 is 12.8. The van der Waals surface area contributed by atoms with Gasteiger partial charge in [-0.15, -0.1) is 5.10 Å². The maximum absolute atomic E-state index is 13.1. The molecule has 2 aromatic carbocycles. The Hall–Kier alpha value is -3.12. The fraction of sp³-hybridized carbons (Fsp3) is 0.190. The summed E-state index contributed by atoms with van der Waals surface area (Å²) < 4.78 is 24.9. The third kappa shape index (κ3) is 4.47. The van der Waals surface area contributed by atoms with Gasteiger partial charge in [0.25, 0.3) is 5.56 Å². The highest BCUT2D eigenvalue weighted by atomic mass is 35.5. The van der Waals surface area contributed by atoms with Gasteiger partial charge >= 0.3 is 0 Å². The van der Waals surface area contributed by atoms with Crippen molar-refractivity contribution in [2.45, 2.75) is 11.3 Å². The molecule has 2 aromatic heterocycles. The first-order valence-corrected chi connectivity index (χ1v) is 12.3. The first-order chi connectivity index (χ1) is 16.0. The third-order valence-electron chi connectivity index (χ3n) is 5.14. The van der Waals surface area contributed by atoms with Crippen LogP contribution >= 0.6 is 23.2 Å². The van der Waals surface area contributed by atoms with Gasteiger partial charge in [-0.05, 0) is 29.8 Å². The molecule has 0 aliphatic heterocycles. The van der Waals surface area contributed by atoms with Crippen LogP contribution in [0.3, 0.4) is 0 Å². The van der Waals surface area contributed by atoms with Gasteiger partial charge < -0.3 is 15.2 Å². The van der Waals surface area contributed by atoms with Crippen LogP contribution in [0.2, 0.25) is 10.0 Å². The van der Waals surface area contributed by atoms with Crippen LogP contribution in [0.25, 0.3) is 16.7 Å². The van der Waals surface area contributed by atoms with Crippen LogP contribution in [0.5, 0.6) is 0 Å². The number of anilines is 2. The van der Waals surface area contributed by atoms with Gasteiger partial charge in [0.1, 0.15) is 16.9 Å². The van der Waals surface area contributed by atoms with Gasteiger partial charge in [-0.3, -0.25) is 4.79 Å². The Morgan fingerprint density at radius 3 is 2.29 bits per heavy atom. The Morgan fingerprint density at radius 2 is 1.76 bits per heavy atom. The van der Waals surface area contributed by atoms with Gasteiger partial charge in [0.2, 0.25) is 10.0 Å². The second-order valence-corrected chi connectivity index (χ2v) is 10.1. The van der Waals surface area contributed by atoms with Gasteiger partial charge in [0, 0.05) is 33.3 Å². The maximum Gasteiger partial charge on any atom is 0.264 e. The van der Waals surface area contributed by atoms with E-state index in [0.717, 1.165) is 11.3 Å². The number of nitrogens with one attached hydrogen (secondary N) is 2. The molecule has 13 heteroatoms. The predicted molar refractivity (Wildman–Crippen MR) is 134 cm³/mol. The smallest absolute Gasteiger partial charge is 0.264 e. The number of halogens is 2. The first kappa shape index (κ1) is 24.0. The molecule has 0 fully saturated rings. The number of hydrogen-bond acceptors (Lipinski definition) is 7. The average Bonchev–Trinajstić information content (AvgIpc) is 3.13. The minimum absolute atomic E-state index is 0.0162. The van der Waals surface area contributed by atoms with E-state index in [1.807, 2.05) is 31.3 Å². The number of sulfonamides is 1. The Morgan fingerprint density at radius 1 is 1.15 bits per heavy atom. The highest BCUT2D eigenvalue weighted by Gasteiger charge is 2.24.